The van der Waals surface area contributed by atoms with Crippen molar-refractivity contribution in [2.24, 2.45) is 0 Å². The van der Waals surface area contributed by atoms with E-state index in [9.17, 15) is 4.79 Å². The molecule has 0 aliphatic rings. The van der Waals surface area contributed by atoms with Crippen LogP contribution in [0.2, 0.25) is 0 Å². The number of carbonyl (C=O) groups is 1. The summed E-state index contributed by atoms with van der Waals surface area (Å²) in [5.74, 6) is -0.0954. The number of halogens is 1. The number of aromatic nitrogens is 1. The second-order valence-corrected chi connectivity index (χ2v) is 9.61. The Morgan fingerprint density at radius 3 is 2.58 bits per heavy atom. The molecule has 5 heteroatoms. The van der Waals surface area contributed by atoms with Crippen LogP contribution in [0.5, 0.6) is 0 Å². The number of hydrogen-bond donors (Lipinski definition) is 1. The van der Waals surface area contributed by atoms with Gasteiger partial charge >= 0.3 is 0 Å². The monoisotopic (exact) mass is 514 g/mol. The van der Waals surface area contributed by atoms with Crippen molar-refractivity contribution < 1.29 is 4.79 Å². The zero-order valence-electron chi connectivity index (χ0n) is 18.2. The van der Waals surface area contributed by atoms with E-state index in [-0.39, 0.29) is 5.91 Å². The van der Waals surface area contributed by atoms with Crippen molar-refractivity contribution in [1.29, 1.82) is 0 Å². The second kappa shape index (κ2) is 10.6. The molecular formula is C28H23BrN2OS. The Hall–Kier alpha value is -3.15. The lowest BCUT2D eigenvalue weighted by Gasteiger charge is -2.14. The Balaban J connectivity index is 1.51. The maximum absolute atomic E-state index is 12.6. The summed E-state index contributed by atoms with van der Waals surface area (Å²) in [5.41, 5.74) is 5.82. The third kappa shape index (κ3) is 5.81. The number of hydrogen-bond acceptors (Lipinski definition) is 3. The van der Waals surface area contributed by atoms with Gasteiger partial charge in [-0.2, -0.15) is 0 Å². The van der Waals surface area contributed by atoms with Gasteiger partial charge in [0.15, 0.2) is 0 Å². The van der Waals surface area contributed by atoms with Gasteiger partial charge in [0.1, 0.15) is 0 Å². The smallest absolute Gasteiger partial charge is 0.251 e. The van der Waals surface area contributed by atoms with Gasteiger partial charge in [0.25, 0.3) is 5.91 Å². The molecule has 1 N–H and O–H groups in total. The van der Waals surface area contributed by atoms with Gasteiger partial charge in [-0.15, -0.1) is 0 Å². The molecule has 3 nitrogen and oxygen atoms in total. The van der Waals surface area contributed by atoms with Gasteiger partial charge < -0.3 is 5.32 Å². The molecule has 164 valence electrons. The van der Waals surface area contributed by atoms with Gasteiger partial charge in [0.2, 0.25) is 0 Å². The van der Waals surface area contributed by atoms with Crippen LogP contribution in [0.15, 0.2) is 112 Å². The summed E-state index contributed by atoms with van der Waals surface area (Å²) in [5, 5.41) is 2.96. The first kappa shape index (κ1) is 23.0. The summed E-state index contributed by atoms with van der Waals surface area (Å²) < 4.78 is 1.03. The lowest BCUT2D eigenvalue weighted by molar-refractivity contribution is 0.0950. The van der Waals surface area contributed by atoms with Crippen LogP contribution >= 0.6 is 27.7 Å². The molecule has 0 aliphatic heterocycles. The zero-order chi connectivity index (χ0) is 23.2. The van der Waals surface area contributed by atoms with Gasteiger partial charge in [-0.25, -0.2) is 0 Å². The number of pyridine rings is 1. The quantitative estimate of drug-likeness (QED) is 0.281. The maximum atomic E-state index is 12.6. The average Bonchev–Trinajstić information content (AvgIpc) is 2.84. The minimum absolute atomic E-state index is 0.0954. The molecule has 0 atom stereocenters. The summed E-state index contributed by atoms with van der Waals surface area (Å²) in [6.07, 6.45) is 3.47. The van der Waals surface area contributed by atoms with E-state index in [2.05, 4.69) is 57.1 Å². The number of carbonyl (C=O) groups excluding carboxylic acids is 1. The molecule has 1 amide bonds. The molecule has 33 heavy (non-hydrogen) atoms. The summed E-state index contributed by atoms with van der Waals surface area (Å²) in [7, 11) is 0. The zero-order valence-corrected chi connectivity index (χ0v) is 20.6. The van der Waals surface area contributed by atoms with Gasteiger partial charge in [-0.3, -0.25) is 9.78 Å². The van der Waals surface area contributed by atoms with E-state index in [1.54, 1.807) is 24.2 Å². The fourth-order valence-electron chi connectivity index (χ4n) is 3.45. The third-order valence-corrected chi connectivity index (χ3v) is 6.97. The van der Waals surface area contributed by atoms with E-state index in [1.165, 1.54) is 0 Å². The Morgan fingerprint density at radius 2 is 1.82 bits per heavy atom. The largest absolute Gasteiger partial charge is 0.348 e. The number of nitrogens with one attached hydrogen (secondary N) is 1. The molecule has 0 saturated carbocycles. The molecule has 0 saturated heterocycles. The highest BCUT2D eigenvalue weighted by atomic mass is 79.9. The molecule has 4 rings (SSSR count). The van der Waals surface area contributed by atoms with E-state index in [0.29, 0.717) is 12.1 Å². The van der Waals surface area contributed by atoms with E-state index in [4.69, 9.17) is 0 Å². The highest BCUT2D eigenvalue weighted by Gasteiger charge is 2.13. The molecule has 0 aliphatic carbocycles. The van der Waals surface area contributed by atoms with Crippen molar-refractivity contribution in [3.8, 4) is 0 Å². The van der Waals surface area contributed by atoms with Crippen LogP contribution in [0.1, 0.15) is 32.6 Å². The molecular weight excluding hydrogens is 492 g/mol. The van der Waals surface area contributed by atoms with Crippen molar-refractivity contribution in [3.05, 3.63) is 130 Å². The van der Waals surface area contributed by atoms with Crippen molar-refractivity contribution >= 4 is 39.2 Å². The number of amides is 1. The molecule has 0 fully saturated rings. The van der Waals surface area contributed by atoms with Crippen molar-refractivity contribution in [2.45, 2.75) is 23.3 Å². The predicted molar refractivity (Wildman–Crippen MR) is 139 cm³/mol. The van der Waals surface area contributed by atoms with Crippen LogP contribution in [0.3, 0.4) is 0 Å². The van der Waals surface area contributed by atoms with Crippen LogP contribution in [0, 0.1) is 6.92 Å². The molecule has 0 spiro atoms. The Labute approximate surface area is 207 Å². The predicted octanol–water partition coefficient (Wildman–Crippen LogP) is 7.30. The minimum Gasteiger partial charge on any atom is -0.348 e. The van der Waals surface area contributed by atoms with E-state index >= 15 is 0 Å². The van der Waals surface area contributed by atoms with Crippen LogP contribution in [-0.4, -0.2) is 10.9 Å². The normalized spacial score (nSPS) is 10.6. The number of nitrogens with zero attached hydrogens (tertiary/aromatic N) is 1. The van der Waals surface area contributed by atoms with E-state index < -0.39 is 0 Å². The van der Waals surface area contributed by atoms with Crippen LogP contribution < -0.4 is 5.32 Å². The van der Waals surface area contributed by atoms with E-state index in [1.807, 2.05) is 61.5 Å². The van der Waals surface area contributed by atoms with Gasteiger partial charge in [-0.05, 0) is 77.2 Å². The van der Waals surface area contributed by atoms with Gasteiger partial charge in [0, 0.05) is 38.8 Å². The highest BCUT2D eigenvalue weighted by molar-refractivity contribution is 9.10. The van der Waals surface area contributed by atoms with Crippen molar-refractivity contribution in [3.63, 3.8) is 0 Å². The molecule has 1 aromatic heterocycles. The number of rotatable bonds is 7. The minimum atomic E-state index is -0.0954. The van der Waals surface area contributed by atoms with Gasteiger partial charge in [0.05, 0.1) is 0 Å². The average molecular weight is 515 g/mol. The first-order valence-electron chi connectivity index (χ1n) is 10.5. The highest BCUT2D eigenvalue weighted by Crippen LogP contribution is 2.37. The molecule has 0 radical (unpaired) electrons. The van der Waals surface area contributed by atoms with Crippen LogP contribution in [0.25, 0.3) is 5.57 Å². The SMILES string of the molecule is C=C(c1cccc(Br)c1)c1ccccc1Sc1ccc(C(=O)NCc2cccnc2)cc1C. The first-order valence-corrected chi connectivity index (χ1v) is 12.1. The third-order valence-electron chi connectivity index (χ3n) is 5.22. The van der Waals surface area contributed by atoms with Crippen molar-refractivity contribution in [2.75, 3.05) is 0 Å². The summed E-state index contributed by atoms with van der Waals surface area (Å²) in [4.78, 5) is 18.9. The molecule has 0 bridgehead atoms. The van der Waals surface area contributed by atoms with Crippen molar-refractivity contribution in [1.82, 2.24) is 10.3 Å². The lowest BCUT2D eigenvalue weighted by atomic mass is 10.00. The molecule has 1 heterocycles. The van der Waals surface area contributed by atoms with Crippen LogP contribution in [0.4, 0.5) is 0 Å². The summed E-state index contributed by atoms with van der Waals surface area (Å²) >= 11 is 5.23. The standard InChI is InChI=1S/C28H23BrN2OS/c1-19-15-23(28(32)31-18-21-7-6-14-30-17-21)12-13-26(19)33-27-11-4-3-10-25(27)20(2)22-8-5-9-24(29)16-22/h3-17H,2,18H2,1H3,(H,31,32). The molecule has 4 aromatic rings. The second-order valence-electron chi connectivity index (χ2n) is 7.61. The first-order chi connectivity index (χ1) is 16.0. The fraction of sp³-hybridized carbons (Fsp3) is 0.0714. The number of benzene rings is 3. The fourth-order valence-corrected chi connectivity index (χ4v) is 4.89. The Bertz CT molecular complexity index is 1300. The summed E-state index contributed by atoms with van der Waals surface area (Å²) in [6.45, 7) is 6.84. The van der Waals surface area contributed by atoms with Crippen LogP contribution in [-0.2, 0) is 6.54 Å². The molecule has 3 aromatic carbocycles. The van der Waals surface area contributed by atoms with Gasteiger partial charge in [-0.1, -0.05) is 70.7 Å². The topological polar surface area (TPSA) is 42.0 Å². The Morgan fingerprint density at radius 1 is 0.970 bits per heavy atom. The number of aryl methyl sites for hydroxylation is 1. The molecule has 0 unspecified atom stereocenters. The summed E-state index contributed by atoms with van der Waals surface area (Å²) in [6, 6.07) is 26.1. The van der Waals surface area contributed by atoms with E-state index in [0.717, 1.165) is 42.1 Å². The Kier molecular flexibility index (Phi) is 7.43. The maximum Gasteiger partial charge on any atom is 0.251 e. The lowest BCUT2D eigenvalue weighted by Crippen LogP contribution is -2.22.